The zero-order valence-corrected chi connectivity index (χ0v) is 12.4. The summed E-state index contributed by atoms with van der Waals surface area (Å²) in [6.45, 7) is 1.51. The molecule has 1 heterocycles. The fourth-order valence-electron chi connectivity index (χ4n) is 2.86. The molecule has 2 aromatic rings. The van der Waals surface area contributed by atoms with Gasteiger partial charge in [0.05, 0.1) is 0 Å². The standard InChI is InChI=1S/C17H17ClN2O/c18-15-8-14(9-16(19)10-15)17(21)20-7-6-13(11-20)12-4-2-1-3-5-12/h1-5,8-10,13H,6-7,11,19H2. The largest absolute Gasteiger partial charge is 0.399 e. The lowest BCUT2D eigenvalue weighted by Gasteiger charge is -2.17. The van der Waals surface area contributed by atoms with Gasteiger partial charge in [-0.05, 0) is 30.2 Å². The summed E-state index contributed by atoms with van der Waals surface area (Å²) in [6.07, 6.45) is 0.992. The number of amides is 1. The summed E-state index contributed by atoms with van der Waals surface area (Å²) in [5.41, 5.74) is 8.13. The van der Waals surface area contributed by atoms with E-state index in [0.29, 0.717) is 22.2 Å². The summed E-state index contributed by atoms with van der Waals surface area (Å²) in [5, 5.41) is 0.497. The van der Waals surface area contributed by atoms with Crippen molar-refractivity contribution < 1.29 is 4.79 Å². The molecular formula is C17H17ClN2O. The first kappa shape index (κ1) is 14.0. The molecule has 1 aliphatic rings. The Balaban J connectivity index is 1.75. The molecule has 1 aliphatic heterocycles. The SMILES string of the molecule is Nc1cc(Cl)cc(C(=O)N2CCC(c3ccccc3)C2)c1. The maximum atomic E-state index is 12.5. The van der Waals surface area contributed by atoms with Crippen molar-refractivity contribution in [3.05, 3.63) is 64.7 Å². The van der Waals surface area contributed by atoms with Gasteiger partial charge in [-0.2, -0.15) is 0 Å². The van der Waals surface area contributed by atoms with Gasteiger partial charge < -0.3 is 10.6 Å². The van der Waals surface area contributed by atoms with Gasteiger partial charge in [0.2, 0.25) is 0 Å². The van der Waals surface area contributed by atoms with Crippen LogP contribution in [-0.2, 0) is 0 Å². The fraction of sp³-hybridized carbons (Fsp3) is 0.235. The molecular weight excluding hydrogens is 284 g/mol. The van der Waals surface area contributed by atoms with Crippen LogP contribution in [0.3, 0.4) is 0 Å². The van der Waals surface area contributed by atoms with Gasteiger partial charge in [-0.3, -0.25) is 4.79 Å². The van der Waals surface area contributed by atoms with Crippen LogP contribution in [0.1, 0.15) is 28.3 Å². The summed E-state index contributed by atoms with van der Waals surface area (Å²) >= 11 is 5.97. The van der Waals surface area contributed by atoms with E-state index in [1.807, 2.05) is 23.1 Å². The maximum absolute atomic E-state index is 12.5. The highest BCUT2D eigenvalue weighted by molar-refractivity contribution is 6.31. The normalized spacial score (nSPS) is 18.0. The molecule has 1 fully saturated rings. The molecule has 108 valence electrons. The Morgan fingerprint density at radius 3 is 2.67 bits per heavy atom. The molecule has 1 amide bonds. The number of anilines is 1. The Bertz CT molecular complexity index is 637. The molecule has 1 atom stereocenters. The molecule has 0 bridgehead atoms. The van der Waals surface area contributed by atoms with Crippen LogP contribution < -0.4 is 5.73 Å². The van der Waals surface area contributed by atoms with Crippen molar-refractivity contribution in [3.63, 3.8) is 0 Å². The molecule has 3 rings (SSSR count). The lowest BCUT2D eigenvalue weighted by Crippen LogP contribution is -2.28. The van der Waals surface area contributed by atoms with Crippen molar-refractivity contribution in [1.29, 1.82) is 0 Å². The number of nitrogens with two attached hydrogens (primary N) is 1. The Morgan fingerprint density at radius 2 is 1.95 bits per heavy atom. The van der Waals surface area contributed by atoms with Crippen molar-refractivity contribution in [2.24, 2.45) is 0 Å². The van der Waals surface area contributed by atoms with Crippen LogP contribution in [0.25, 0.3) is 0 Å². The number of rotatable bonds is 2. The predicted molar refractivity (Wildman–Crippen MR) is 85.6 cm³/mol. The van der Waals surface area contributed by atoms with E-state index < -0.39 is 0 Å². The van der Waals surface area contributed by atoms with Gasteiger partial charge in [0.25, 0.3) is 5.91 Å². The van der Waals surface area contributed by atoms with Gasteiger partial charge in [0.1, 0.15) is 0 Å². The number of hydrogen-bond acceptors (Lipinski definition) is 2. The van der Waals surface area contributed by atoms with Gasteiger partial charge in [0.15, 0.2) is 0 Å². The number of hydrogen-bond donors (Lipinski definition) is 1. The van der Waals surface area contributed by atoms with Crippen LogP contribution in [0, 0.1) is 0 Å². The Morgan fingerprint density at radius 1 is 1.19 bits per heavy atom. The third-order valence-corrected chi connectivity index (χ3v) is 4.13. The quantitative estimate of drug-likeness (QED) is 0.862. The van der Waals surface area contributed by atoms with Crippen LogP contribution in [0.5, 0.6) is 0 Å². The van der Waals surface area contributed by atoms with Crippen molar-refractivity contribution in [3.8, 4) is 0 Å². The van der Waals surface area contributed by atoms with Crippen LogP contribution >= 0.6 is 11.6 Å². The van der Waals surface area contributed by atoms with E-state index in [9.17, 15) is 4.79 Å². The van der Waals surface area contributed by atoms with Crippen molar-refractivity contribution >= 4 is 23.2 Å². The second-order valence-electron chi connectivity index (χ2n) is 5.42. The molecule has 1 unspecified atom stereocenters. The highest BCUT2D eigenvalue weighted by Crippen LogP contribution is 2.28. The number of benzene rings is 2. The number of carbonyl (C=O) groups excluding carboxylic acids is 1. The summed E-state index contributed by atoms with van der Waals surface area (Å²) < 4.78 is 0. The summed E-state index contributed by atoms with van der Waals surface area (Å²) in [5.74, 6) is 0.411. The van der Waals surface area contributed by atoms with Crippen molar-refractivity contribution in [2.45, 2.75) is 12.3 Å². The Labute approximate surface area is 129 Å². The van der Waals surface area contributed by atoms with Gasteiger partial charge in [-0.1, -0.05) is 41.9 Å². The Kier molecular flexibility index (Phi) is 3.84. The third kappa shape index (κ3) is 3.03. The minimum absolute atomic E-state index is 0.00244. The first-order chi connectivity index (χ1) is 10.1. The number of carbonyl (C=O) groups is 1. The van der Waals surface area contributed by atoms with Gasteiger partial charge in [-0.25, -0.2) is 0 Å². The highest BCUT2D eigenvalue weighted by atomic mass is 35.5. The summed E-state index contributed by atoms with van der Waals surface area (Å²) in [4.78, 5) is 14.4. The van der Waals surface area contributed by atoms with Crippen molar-refractivity contribution in [2.75, 3.05) is 18.8 Å². The third-order valence-electron chi connectivity index (χ3n) is 3.91. The number of likely N-dealkylation sites (tertiary alicyclic amines) is 1. The van der Waals surface area contributed by atoms with Crippen LogP contribution in [-0.4, -0.2) is 23.9 Å². The average molecular weight is 301 g/mol. The summed E-state index contributed by atoms with van der Waals surface area (Å²) in [7, 11) is 0. The molecule has 0 spiro atoms. The molecule has 2 N–H and O–H groups in total. The molecule has 3 nitrogen and oxygen atoms in total. The second kappa shape index (κ2) is 5.78. The van der Waals surface area contributed by atoms with Crippen molar-refractivity contribution in [1.82, 2.24) is 4.90 Å². The minimum Gasteiger partial charge on any atom is -0.399 e. The van der Waals surface area contributed by atoms with E-state index in [-0.39, 0.29) is 5.91 Å². The molecule has 0 radical (unpaired) electrons. The first-order valence-corrected chi connectivity index (χ1v) is 7.41. The molecule has 4 heteroatoms. The average Bonchev–Trinajstić information content (AvgIpc) is 2.96. The molecule has 0 aromatic heterocycles. The molecule has 2 aromatic carbocycles. The second-order valence-corrected chi connectivity index (χ2v) is 5.86. The van der Waals surface area contributed by atoms with E-state index in [1.54, 1.807) is 18.2 Å². The summed E-state index contributed by atoms with van der Waals surface area (Å²) in [6, 6.07) is 15.3. The van der Waals surface area contributed by atoms with Crippen LogP contribution in [0.2, 0.25) is 5.02 Å². The van der Waals surface area contributed by atoms with Gasteiger partial charge >= 0.3 is 0 Å². The zero-order chi connectivity index (χ0) is 14.8. The lowest BCUT2D eigenvalue weighted by molar-refractivity contribution is 0.0791. The van der Waals surface area contributed by atoms with E-state index in [1.165, 1.54) is 5.56 Å². The van der Waals surface area contributed by atoms with E-state index in [2.05, 4.69) is 12.1 Å². The van der Waals surface area contributed by atoms with Gasteiger partial charge in [0, 0.05) is 35.3 Å². The number of nitrogens with zero attached hydrogens (tertiary/aromatic N) is 1. The lowest BCUT2D eigenvalue weighted by atomic mass is 9.99. The molecule has 1 saturated heterocycles. The Hall–Kier alpha value is -2.00. The smallest absolute Gasteiger partial charge is 0.254 e. The molecule has 21 heavy (non-hydrogen) atoms. The maximum Gasteiger partial charge on any atom is 0.254 e. The molecule has 0 aliphatic carbocycles. The van der Waals surface area contributed by atoms with Crippen LogP contribution in [0.4, 0.5) is 5.69 Å². The van der Waals surface area contributed by atoms with E-state index in [4.69, 9.17) is 17.3 Å². The first-order valence-electron chi connectivity index (χ1n) is 7.04. The minimum atomic E-state index is 0.00244. The van der Waals surface area contributed by atoms with Crippen LogP contribution in [0.15, 0.2) is 48.5 Å². The fourth-order valence-corrected chi connectivity index (χ4v) is 3.10. The highest BCUT2D eigenvalue weighted by Gasteiger charge is 2.28. The van der Waals surface area contributed by atoms with E-state index >= 15 is 0 Å². The monoisotopic (exact) mass is 300 g/mol. The topological polar surface area (TPSA) is 46.3 Å². The number of nitrogen functional groups attached to an aromatic ring is 1. The van der Waals surface area contributed by atoms with Gasteiger partial charge in [-0.15, -0.1) is 0 Å². The molecule has 0 saturated carbocycles. The van der Waals surface area contributed by atoms with E-state index in [0.717, 1.165) is 19.5 Å². The zero-order valence-electron chi connectivity index (χ0n) is 11.6. The predicted octanol–water partition coefficient (Wildman–Crippen LogP) is 3.55. The number of halogens is 1.